The molecule has 1 aliphatic rings. The Balaban J connectivity index is 1.93. The maximum atomic E-state index is 12.3. The second kappa shape index (κ2) is 6.83. The molecule has 0 aromatic carbocycles. The number of nitrogens with zero attached hydrogens (tertiary/aromatic N) is 2. The molecule has 0 amide bonds. The highest BCUT2D eigenvalue weighted by Crippen LogP contribution is 2.35. The van der Waals surface area contributed by atoms with Gasteiger partial charge in [0.15, 0.2) is 0 Å². The van der Waals surface area contributed by atoms with Gasteiger partial charge in [0.2, 0.25) is 0 Å². The molecule has 1 N–H and O–H groups in total. The van der Waals surface area contributed by atoms with Gasteiger partial charge in [-0.3, -0.25) is 0 Å². The lowest BCUT2D eigenvalue weighted by atomic mass is 9.95. The van der Waals surface area contributed by atoms with E-state index in [1.807, 2.05) is 20.8 Å². The second-order valence-corrected chi connectivity index (χ2v) is 7.39. The molecule has 1 aliphatic carbocycles. The molecule has 6 heteroatoms. The molecule has 5 nitrogen and oxygen atoms in total. The van der Waals surface area contributed by atoms with E-state index >= 15 is 0 Å². The predicted octanol–water partition coefficient (Wildman–Crippen LogP) is 4.31. The number of esters is 1. The lowest BCUT2D eigenvalue weighted by Crippen LogP contribution is -2.23. The van der Waals surface area contributed by atoms with Crippen molar-refractivity contribution in [1.82, 2.24) is 9.97 Å². The Hall–Kier alpha value is -1.69. The van der Waals surface area contributed by atoms with Crippen molar-refractivity contribution in [3.05, 3.63) is 16.8 Å². The molecule has 0 unspecified atom stereocenters. The van der Waals surface area contributed by atoms with E-state index in [9.17, 15) is 4.79 Å². The Morgan fingerprint density at radius 3 is 2.74 bits per heavy atom. The summed E-state index contributed by atoms with van der Waals surface area (Å²) in [5, 5.41) is 4.52. The van der Waals surface area contributed by atoms with Crippen LogP contribution >= 0.6 is 11.3 Å². The lowest BCUT2D eigenvalue weighted by Gasteiger charge is -2.23. The second-order valence-electron chi connectivity index (χ2n) is 6.39. The third-order valence-electron chi connectivity index (χ3n) is 4.20. The number of ether oxygens (including phenoxy) is 1. The number of hydrogen-bond acceptors (Lipinski definition) is 6. The Labute approximate surface area is 140 Å². The van der Waals surface area contributed by atoms with Gasteiger partial charge in [-0.2, -0.15) is 0 Å². The molecule has 23 heavy (non-hydrogen) atoms. The number of aryl methyl sites for hydroxylation is 1. The highest BCUT2D eigenvalue weighted by molar-refractivity contribution is 7.20. The number of aromatic nitrogens is 2. The van der Waals surface area contributed by atoms with Crippen LogP contribution in [0.3, 0.4) is 0 Å². The van der Waals surface area contributed by atoms with Gasteiger partial charge in [0.05, 0.1) is 11.5 Å². The quantitative estimate of drug-likeness (QED) is 0.845. The van der Waals surface area contributed by atoms with Crippen molar-refractivity contribution in [2.45, 2.75) is 65.0 Å². The molecular weight excluding hydrogens is 310 g/mol. The van der Waals surface area contributed by atoms with E-state index in [4.69, 9.17) is 4.74 Å². The van der Waals surface area contributed by atoms with Crippen LogP contribution in [0.15, 0.2) is 6.33 Å². The topological polar surface area (TPSA) is 64.1 Å². The normalized spacial score (nSPS) is 16.0. The maximum absolute atomic E-state index is 12.3. The van der Waals surface area contributed by atoms with E-state index < -0.39 is 0 Å². The fourth-order valence-electron chi connectivity index (χ4n) is 3.08. The zero-order chi connectivity index (χ0) is 16.4. The molecule has 2 heterocycles. The molecule has 0 aliphatic heterocycles. The van der Waals surface area contributed by atoms with Crippen LogP contribution in [-0.2, 0) is 4.74 Å². The Morgan fingerprint density at radius 1 is 1.30 bits per heavy atom. The first kappa shape index (κ1) is 16.2. The third-order valence-corrected chi connectivity index (χ3v) is 5.38. The first-order valence-corrected chi connectivity index (χ1v) is 9.09. The summed E-state index contributed by atoms with van der Waals surface area (Å²) < 4.78 is 5.34. The van der Waals surface area contributed by atoms with Crippen molar-refractivity contribution in [2.75, 3.05) is 5.32 Å². The Morgan fingerprint density at radius 2 is 2.04 bits per heavy atom. The number of carbonyl (C=O) groups excluding carboxylic acids is 1. The Bertz CT molecular complexity index is 705. The zero-order valence-corrected chi connectivity index (χ0v) is 14.7. The smallest absolute Gasteiger partial charge is 0.348 e. The largest absolute Gasteiger partial charge is 0.459 e. The van der Waals surface area contributed by atoms with E-state index in [1.165, 1.54) is 43.4 Å². The summed E-state index contributed by atoms with van der Waals surface area (Å²) in [5.41, 5.74) is 0.912. The van der Waals surface area contributed by atoms with Crippen molar-refractivity contribution in [1.29, 1.82) is 0 Å². The van der Waals surface area contributed by atoms with E-state index in [0.717, 1.165) is 21.6 Å². The van der Waals surface area contributed by atoms with Crippen molar-refractivity contribution in [3.8, 4) is 0 Å². The van der Waals surface area contributed by atoms with Gasteiger partial charge < -0.3 is 10.1 Å². The molecule has 1 fully saturated rings. The average molecular weight is 333 g/mol. The highest BCUT2D eigenvalue weighted by Gasteiger charge is 2.22. The summed E-state index contributed by atoms with van der Waals surface area (Å²) in [6, 6.07) is 0.465. The molecule has 0 bridgehead atoms. The summed E-state index contributed by atoms with van der Waals surface area (Å²) in [5.74, 6) is 0.573. The van der Waals surface area contributed by atoms with Crippen molar-refractivity contribution >= 4 is 33.3 Å². The number of rotatable bonds is 4. The molecule has 0 atom stereocenters. The summed E-state index contributed by atoms with van der Waals surface area (Å²) >= 11 is 1.38. The van der Waals surface area contributed by atoms with Crippen LogP contribution in [0.4, 0.5) is 5.82 Å². The fraction of sp³-hybridized carbons (Fsp3) is 0.588. The van der Waals surface area contributed by atoms with Gasteiger partial charge >= 0.3 is 5.97 Å². The van der Waals surface area contributed by atoms with Crippen LogP contribution in [-0.4, -0.2) is 28.1 Å². The molecule has 124 valence electrons. The van der Waals surface area contributed by atoms with Gasteiger partial charge in [-0.15, -0.1) is 11.3 Å². The van der Waals surface area contributed by atoms with Gasteiger partial charge in [0.25, 0.3) is 0 Å². The predicted molar refractivity (Wildman–Crippen MR) is 93.2 cm³/mol. The maximum Gasteiger partial charge on any atom is 0.348 e. The number of fused-ring (bicyclic) bond motifs is 1. The number of thiophene rings is 1. The van der Waals surface area contributed by atoms with Gasteiger partial charge in [0.1, 0.15) is 21.9 Å². The summed E-state index contributed by atoms with van der Waals surface area (Å²) in [7, 11) is 0. The molecule has 3 rings (SSSR count). The minimum absolute atomic E-state index is 0.127. The van der Waals surface area contributed by atoms with Crippen LogP contribution < -0.4 is 5.32 Å². The molecular formula is C17H23N3O2S. The van der Waals surface area contributed by atoms with Crippen LogP contribution in [0.2, 0.25) is 0 Å². The first-order valence-electron chi connectivity index (χ1n) is 8.28. The summed E-state index contributed by atoms with van der Waals surface area (Å²) in [6.07, 6.45) is 7.65. The SMILES string of the molecule is Cc1c(C(=O)OC(C)C)sc2ncnc(NC3CCCCC3)c12. The minimum Gasteiger partial charge on any atom is -0.459 e. The summed E-state index contributed by atoms with van der Waals surface area (Å²) in [4.78, 5) is 22.5. The number of hydrogen-bond donors (Lipinski definition) is 1. The number of anilines is 1. The van der Waals surface area contributed by atoms with Crippen LogP contribution in [0.5, 0.6) is 0 Å². The number of carbonyl (C=O) groups is 1. The van der Waals surface area contributed by atoms with Crippen molar-refractivity contribution in [3.63, 3.8) is 0 Å². The van der Waals surface area contributed by atoms with Gasteiger partial charge in [-0.05, 0) is 39.2 Å². The molecule has 2 aromatic heterocycles. The van der Waals surface area contributed by atoms with E-state index in [2.05, 4.69) is 15.3 Å². The fourth-order valence-corrected chi connectivity index (χ4v) is 4.12. The van der Waals surface area contributed by atoms with E-state index in [1.54, 1.807) is 6.33 Å². The van der Waals surface area contributed by atoms with Crippen molar-refractivity contribution < 1.29 is 9.53 Å². The average Bonchev–Trinajstić information content (AvgIpc) is 2.86. The molecule has 1 saturated carbocycles. The molecule has 2 aromatic rings. The highest BCUT2D eigenvalue weighted by atomic mass is 32.1. The van der Waals surface area contributed by atoms with Crippen LogP contribution in [0.1, 0.15) is 61.2 Å². The van der Waals surface area contributed by atoms with E-state index in [-0.39, 0.29) is 12.1 Å². The molecule has 0 spiro atoms. The van der Waals surface area contributed by atoms with Gasteiger partial charge in [-0.25, -0.2) is 14.8 Å². The number of nitrogens with one attached hydrogen (secondary N) is 1. The Kier molecular flexibility index (Phi) is 4.80. The lowest BCUT2D eigenvalue weighted by molar-refractivity contribution is 0.0383. The van der Waals surface area contributed by atoms with Gasteiger partial charge in [-0.1, -0.05) is 19.3 Å². The summed E-state index contributed by atoms with van der Waals surface area (Å²) in [6.45, 7) is 5.66. The molecule has 0 saturated heterocycles. The third kappa shape index (κ3) is 3.47. The van der Waals surface area contributed by atoms with E-state index in [0.29, 0.717) is 10.9 Å². The zero-order valence-electron chi connectivity index (χ0n) is 13.9. The minimum atomic E-state index is -0.274. The van der Waals surface area contributed by atoms with Crippen LogP contribution in [0, 0.1) is 6.92 Å². The van der Waals surface area contributed by atoms with Gasteiger partial charge in [0, 0.05) is 6.04 Å². The van der Waals surface area contributed by atoms with Crippen LogP contribution in [0.25, 0.3) is 10.2 Å². The van der Waals surface area contributed by atoms with Crippen molar-refractivity contribution in [2.24, 2.45) is 0 Å². The molecule has 0 radical (unpaired) electrons. The standard InChI is InChI=1S/C17H23N3O2S/c1-10(2)22-17(21)14-11(3)13-15(18-9-19-16(13)23-14)20-12-7-5-4-6-8-12/h9-10,12H,4-8H2,1-3H3,(H,18,19,20). The monoisotopic (exact) mass is 333 g/mol. The first-order chi connectivity index (χ1) is 11.1.